The van der Waals surface area contributed by atoms with Gasteiger partial charge in [-0.15, -0.1) is 0 Å². The summed E-state index contributed by atoms with van der Waals surface area (Å²) in [6, 6.07) is 4.10. The van der Waals surface area contributed by atoms with Crippen LogP contribution in [0.2, 0.25) is 0 Å². The Morgan fingerprint density at radius 3 is 2.78 bits per heavy atom. The maximum absolute atomic E-state index is 11.6. The Bertz CT molecular complexity index is 521. The van der Waals surface area contributed by atoms with Crippen LogP contribution >= 0.6 is 0 Å². The number of hydrogen-bond acceptors (Lipinski definition) is 5. The van der Waals surface area contributed by atoms with Crippen LogP contribution in [0.1, 0.15) is 30.1 Å². The predicted octanol–water partition coefficient (Wildman–Crippen LogP) is 2.69. The van der Waals surface area contributed by atoms with Gasteiger partial charge in [-0.25, -0.2) is 4.79 Å². The molecule has 0 amide bonds. The number of carbonyl (C=O) groups excluding carboxylic acids is 2. The molecule has 1 rings (SSSR count). The summed E-state index contributed by atoms with van der Waals surface area (Å²) in [6.07, 6.45) is 0.764. The van der Waals surface area contributed by atoms with Crippen LogP contribution < -0.4 is 5.73 Å². The largest absolute Gasteiger partial charge is 0.398 e. The van der Waals surface area contributed by atoms with E-state index in [1.807, 2.05) is 0 Å². The molecule has 7 nitrogen and oxygen atoms in total. The molecule has 0 bridgehead atoms. The van der Waals surface area contributed by atoms with Crippen molar-refractivity contribution in [3.05, 3.63) is 34.2 Å². The summed E-state index contributed by atoms with van der Waals surface area (Å²) in [6.45, 7) is 1.80. The number of anilines is 1. The van der Waals surface area contributed by atoms with Crippen LogP contribution in [0.4, 0.5) is 11.4 Å². The molecule has 1 aromatic carbocycles. The van der Waals surface area contributed by atoms with E-state index in [0.29, 0.717) is 6.42 Å². The zero-order valence-electron chi connectivity index (χ0n) is 9.79. The second kappa shape index (κ2) is 6.27. The molecule has 0 heterocycles. The minimum Gasteiger partial charge on any atom is -0.398 e. The fourth-order valence-electron chi connectivity index (χ4n) is 1.26. The summed E-state index contributed by atoms with van der Waals surface area (Å²) < 4.78 is 4.60. The van der Waals surface area contributed by atoms with Crippen molar-refractivity contribution in [2.45, 2.75) is 19.8 Å². The number of nitrogens with zero attached hydrogens (tertiary/aromatic N) is 3. The van der Waals surface area contributed by atoms with Gasteiger partial charge in [0.1, 0.15) is 0 Å². The summed E-state index contributed by atoms with van der Waals surface area (Å²) in [5, 5.41) is 3.34. The molecule has 0 saturated heterocycles. The molecule has 0 saturated carbocycles. The number of carbonyl (C=O) groups is 2. The lowest BCUT2D eigenvalue weighted by Gasteiger charge is -2.05. The Morgan fingerprint density at radius 1 is 1.50 bits per heavy atom. The minimum atomic E-state index is -0.807. The van der Waals surface area contributed by atoms with Crippen molar-refractivity contribution in [2.75, 3.05) is 5.73 Å². The van der Waals surface area contributed by atoms with Gasteiger partial charge in [-0.1, -0.05) is 18.1 Å². The summed E-state index contributed by atoms with van der Waals surface area (Å²) in [5.74, 6) is -1.40. The van der Waals surface area contributed by atoms with Crippen LogP contribution in [0.5, 0.6) is 0 Å². The molecule has 0 spiro atoms. The van der Waals surface area contributed by atoms with Gasteiger partial charge in [0.25, 0.3) is 0 Å². The fraction of sp³-hybridized carbons (Fsp3) is 0.273. The topological polar surface area (TPSA) is 118 Å². The Morgan fingerprint density at radius 2 is 2.22 bits per heavy atom. The molecule has 0 unspecified atom stereocenters. The lowest BCUT2D eigenvalue weighted by molar-refractivity contribution is -0.137. The van der Waals surface area contributed by atoms with Crippen molar-refractivity contribution in [1.82, 2.24) is 0 Å². The number of nitrogen functional groups attached to an aromatic ring is 1. The molecule has 0 aromatic heterocycles. The number of nitrogens with two attached hydrogens (primary N) is 1. The predicted molar refractivity (Wildman–Crippen MR) is 65.0 cm³/mol. The monoisotopic (exact) mass is 248 g/mol. The highest BCUT2D eigenvalue weighted by atomic mass is 16.6. The first-order chi connectivity index (χ1) is 8.58. The van der Waals surface area contributed by atoms with Gasteiger partial charge >= 0.3 is 11.9 Å². The lowest BCUT2D eigenvalue weighted by atomic mass is 10.1. The molecule has 0 atom stereocenters. The number of benzene rings is 1. The maximum atomic E-state index is 11.6. The SMILES string of the molecule is CCCC(=O)OC(=O)c1ccc(N=[N+]=[N-])cc1N. The molecule has 18 heavy (non-hydrogen) atoms. The molecule has 0 aliphatic rings. The number of hydrogen-bond donors (Lipinski definition) is 1. The van der Waals surface area contributed by atoms with E-state index < -0.39 is 11.9 Å². The van der Waals surface area contributed by atoms with E-state index >= 15 is 0 Å². The first kappa shape index (κ1) is 13.5. The Kier molecular flexibility index (Phi) is 4.71. The normalized spacial score (nSPS) is 9.39. The van der Waals surface area contributed by atoms with Gasteiger partial charge in [0.05, 0.1) is 5.56 Å². The minimum absolute atomic E-state index is 0.0661. The quantitative estimate of drug-likeness (QED) is 0.220. The molecule has 94 valence electrons. The molecule has 0 aliphatic carbocycles. The van der Waals surface area contributed by atoms with E-state index in [1.54, 1.807) is 6.92 Å². The van der Waals surface area contributed by atoms with Gasteiger partial charge < -0.3 is 10.5 Å². The molecule has 0 aliphatic heterocycles. The number of ether oxygens (including phenoxy) is 1. The number of rotatable bonds is 4. The van der Waals surface area contributed by atoms with Crippen molar-refractivity contribution in [3.8, 4) is 0 Å². The number of esters is 2. The van der Waals surface area contributed by atoms with Crippen LogP contribution in [-0.4, -0.2) is 11.9 Å². The third-order valence-electron chi connectivity index (χ3n) is 2.08. The average Bonchev–Trinajstić information content (AvgIpc) is 2.29. The smallest absolute Gasteiger partial charge is 0.347 e. The van der Waals surface area contributed by atoms with E-state index in [-0.39, 0.29) is 23.4 Å². The Balaban J connectivity index is 2.86. The van der Waals surface area contributed by atoms with E-state index in [0.717, 1.165) is 0 Å². The lowest BCUT2D eigenvalue weighted by Crippen LogP contribution is -2.13. The zero-order valence-corrected chi connectivity index (χ0v) is 9.79. The first-order valence-electron chi connectivity index (χ1n) is 5.28. The molecule has 1 aromatic rings. The highest BCUT2D eigenvalue weighted by Crippen LogP contribution is 2.21. The third-order valence-corrected chi connectivity index (χ3v) is 2.08. The van der Waals surface area contributed by atoms with Crippen LogP contribution in [-0.2, 0) is 9.53 Å². The van der Waals surface area contributed by atoms with E-state index in [9.17, 15) is 9.59 Å². The Hall–Kier alpha value is -2.53. The van der Waals surface area contributed by atoms with E-state index in [4.69, 9.17) is 11.3 Å². The van der Waals surface area contributed by atoms with Gasteiger partial charge in [-0.2, -0.15) is 0 Å². The third kappa shape index (κ3) is 3.50. The molecule has 7 heteroatoms. The van der Waals surface area contributed by atoms with Crippen LogP contribution in [0, 0.1) is 0 Å². The molecular formula is C11H12N4O3. The van der Waals surface area contributed by atoms with Crippen LogP contribution in [0.15, 0.2) is 23.3 Å². The summed E-state index contributed by atoms with van der Waals surface area (Å²) >= 11 is 0. The van der Waals surface area contributed by atoms with Gasteiger partial charge in [0, 0.05) is 22.7 Å². The van der Waals surface area contributed by atoms with Crippen molar-refractivity contribution >= 4 is 23.3 Å². The second-order valence-corrected chi connectivity index (χ2v) is 3.47. The van der Waals surface area contributed by atoms with E-state index in [1.165, 1.54) is 18.2 Å². The highest BCUT2D eigenvalue weighted by molar-refractivity contribution is 6.01. The van der Waals surface area contributed by atoms with Gasteiger partial charge in [-0.05, 0) is 24.1 Å². The summed E-state index contributed by atoms with van der Waals surface area (Å²) in [7, 11) is 0. The molecule has 0 radical (unpaired) electrons. The summed E-state index contributed by atoms with van der Waals surface area (Å²) in [4.78, 5) is 25.3. The standard InChI is InChI=1S/C11H12N4O3/c1-2-3-10(16)18-11(17)8-5-4-7(14-15-13)6-9(8)12/h4-6H,2-3,12H2,1H3. The molecule has 0 fully saturated rings. The maximum Gasteiger partial charge on any atom is 0.347 e. The van der Waals surface area contributed by atoms with Crippen molar-refractivity contribution in [2.24, 2.45) is 5.11 Å². The highest BCUT2D eigenvalue weighted by Gasteiger charge is 2.15. The molecular weight excluding hydrogens is 236 g/mol. The van der Waals surface area contributed by atoms with Gasteiger partial charge in [0.2, 0.25) is 0 Å². The average molecular weight is 248 g/mol. The van der Waals surface area contributed by atoms with Crippen LogP contribution in [0.25, 0.3) is 10.4 Å². The van der Waals surface area contributed by atoms with E-state index in [2.05, 4.69) is 14.8 Å². The van der Waals surface area contributed by atoms with Crippen molar-refractivity contribution in [3.63, 3.8) is 0 Å². The summed E-state index contributed by atoms with van der Waals surface area (Å²) in [5.41, 5.74) is 14.3. The van der Waals surface area contributed by atoms with Crippen LogP contribution in [0.3, 0.4) is 0 Å². The molecule has 2 N–H and O–H groups in total. The van der Waals surface area contributed by atoms with Gasteiger partial charge in [-0.3, -0.25) is 4.79 Å². The van der Waals surface area contributed by atoms with Gasteiger partial charge in [0.15, 0.2) is 0 Å². The fourth-order valence-corrected chi connectivity index (χ4v) is 1.26. The second-order valence-electron chi connectivity index (χ2n) is 3.47. The zero-order chi connectivity index (χ0) is 13.5. The Labute approximate surface area is 103 Å². The van der Waals surface area contributed by atoms with Crippen molar-refractivity contribution in [1.29, 1.82) is 0 Å². The number of azide groups is 1. The first-order valence-corrected chi connectivity index (χ1v) is 5.28. The van der Waals surface area contributed by atoms with Crippen molar-refractivity contribution < 1.29 is 14.3 Å².